The van der Waals surface area contributed by atoms with Crippen molar-refractivity contribution in [1.82, 2.24) is 15.2 Å². The van der Waals surface area contributed by atoms with Crippen LogP contribution in [0.15, 0.2) is 66.2 Å². The van der Waals surface area contributed by atoms with Gasteiger partial charge in [-0.2, -0.15) is 0 Å². The molecule has 0 saturated heterocycles. The van der Waals surface area contributed by atoms with Gasteiger partial charge in [-0.15, -0.1) is 11.3 Å². The Morgan fingerprint density at radius 1 is 1.25 bits per heavy atom. The number of halogens is 1. The smallest absolute Gasteiger partial charge is 0.235 e. The van der Waals surface area contributed by atoms with E-state index in [2.05, 4.69) is 10.3 Å². The highest BCUT2D eigenvalue weighted by atomic mass is 35.5. The van der Waals surface area contributed by atoms with E-state index < -0.39 is 0 Å². The van der Waals surface area contributed by atoms with Gasteiger partial charge < -0.3 is 10.1 Å². The molecule has 146 valence electrons. The van der Waals surface area contributed by atoms with Crippen LogP contribution < -0.4 is 10.1 Å². The first-order chi connectivity index (χ1) is 13.6. The number of carbonyl (C=O) groups is 1. The highest BCUT2D eigenvalue weighted by Crippen LogP contribution is 2.23. The number of hydrogen-bond acceptors (Lipinski definition) is 5. The number of amides is 1. The topological polar surface area (TPSA) is 54.5 Å². The Balaban J connectivity index is 1.51. The first-order valence-corrected chi connectivity index (χ1v) is 10.2. The second kappa shape index (κ2) is 10.2. The van der Waals surface area contributed by atoms with Gasteiger partial charge in [0.1, 0.15) is 23.4 Å². The van der Waals surface area contributed by atoms with E-state index in [4.69, 9.17) is 16.3 Å². The Morgan fingerprint density at radius 2 is 2.07 bits per heavy atom. The molecule has 0 fully saturated rings. The number of carbonyl (C=O) groups excluding carboxylic acids is 1. The van der Waals surface area contributed by atoms with Crippen LogP contribution in [0.25, 0.3) is 0 Å². The zero-order valence-electron chi connectivity index (χ0n) is 15.5. The Hall–Kier alpha value is -2.41. The Morgan fingerprint density at radius 3 is 2.79 bits per heavy atom. The summed E-state index contributed by atoms with van der Waals surface area (Å²) in [5, 5.41) is 6.51. The van der Waals surface area contributed by atoms with Crippen molar-refractivity contribution in [2.24, 2.45) is 0 Å². The molecule has 7 heteroatoms. The number of ether oxygens (including phenoxy) is 1. The summed E-state index contributed by atoms with van der Waals surface area (Å²) in [6, 6.07) is 16.9. The third-order valence-corrected chi connectivity index (χ3v) is 5.16. The Kier molecular flexibility index (Phi) is 7.42. The molecule has 2 aromatic carbocycles. The fourth-order valence-electron chi connectivity index (χ4n) is 2.72. The summed E-state index contributed by atoms with van der Waals surface area (Å²) in [6.07, 6.45) is 1.75. The fraction of sp³-hybridized carbons (Fsp3) is 0.238. The Bertz CT molecular complexity index is 874. The van der Waals surface area contributed by atoms with Gasteiger partial charge >= 0.3 is 0 Å². The number of benzene rings is 2. The average Bonchev–Trinajstić information content (AvgIpc) is 3.21. The van der Waals surface area contributed by atoms with Gasteiger partial charge in [-0.25, -0.2) is 4.98 Å². The van der Waals surface area contributed by atoms with E-state index in [9.17, 15) is 4.79 Å². The molecule has 1 heterocycles. The van der Waals surface area contributed by atoms with Gasteiger partial charge in [-0.05, 0) is 30.8 Å². The van der Waals surface area contributed by atoms with Crippen LogP contribution in [-0.4, -0.2) is 42.5 Å². The predicted octanol–water partition coefficient (Wildman–Crippen LogP) is 4.01. The molecule has 0 saturated carbocycles. The average molecular weight is 416 g/mol. The van der Waals surface area contributed by atoms with E-state index >= 15 is 0 Å². The summed E-state index contributed by atoms with van der Waals surface area (Å²) < 4.78 is 5.68. The molecule has 0 aliphatic carbocycles. The van der Waals surface area contributed by atoms with Gasteiger partial charge in [0, 0.05) is 23.1 Å². The molecule has 3 rings (SSSR count). The molecule has 1 unspecified atom stereocenters. The molecule has 28 heavy (non-hydrogen) atoms. The minimum Gasteiger partial charge on any atom is -0.492 e. The zero-order valence-corrected chi connectivity index (χ0v) is 17.1. The molecular formula is C21H22ClN3O2S. The molecule has 3 aromatic rings. The lowest BCUT2D eigenvalue weighted by atomic mass is 10.1. The molecular weight excluding hydrogens is 394 g/mol. The van der Waals surface area contributed by atoms with E-state index in [0.29, 0.717) is 18.2 Å². The summed E-state index contributed by atoms with van der Waals surface area (Å²) >= 11 is 7.48. The summed E-state index contributed by atoms with van der Waals surface area (Å²) in [4.78, 5) is 18.9. The molecule has 1 aromatic heterocycles. The van der Waals surface area contributed by atoms with Crippen LogP contribution in [0.2, 0.25) is 5.02 Å². The molecule has 1 atom stereocenters. The van der Waals surface area contributed by atoms with Gasteiger partial charge in [0.05, 0.1) is 6.54 Å². The van der Waals surface area contributed by atoms with Gasteiger partial charge in [0.25, 0.3) is 0 Å². The van der Waals surface area contributed by atoms with Crippen LogP contribution in [0.1, 0.15) is 16.6 Å². The van der Waals surface area contributed by atoms with Crippen molar-refractivity contribution >= 4 is 28.8 Å². The van der Waals surface area contributed by atoms with Crippen molar-refractivity contribution in [3.8, 4) is 5.75 Å². The summed E-state index contributed by atoms with van der Waals surface area (Å²) in [5.74, 6) is 0.660. The van der Waals surface area contributed by atoms with Crippen LogP contribution >= 0.6 is 22.9 Å². The minimum atomic E-state index is -0.246. The third-order valence-electron chi connectivity index (χ3n) is 4.09. The summed E-state index contributed by atoms with van der Waals surface area (Å²) in [7, 11) is 1.89. The lowest BCUT2D eigenvalue weighted by Gasteiger charge is -2.20. The van der Waals surface area contributed by atoms with E-state index in [1.165, 1.54) is 11.3 Å². The number of nitrogens with one attached hydrogen (secondary N) is 1. The SMILES string of the molecule is CN(CCOc1cccc(Cl)c1)CC(=O)NC(c1ccccc1)c1nccs1. The summed E-state index contributed by atoms with van der Waals surface area (Å²) in [6.45, 7) is 1.36. The number of hydrogen-bond donors (Lipinski definition) is 1. The van der Waals surface area contributed by atoms with E-state index in [1.807, 2.05) is 59.8 Å². The van der Waals surface area contributed by atoms with Crippen LogP contribution in [-0.2, 0) is 4.79 Å². The van der Waals surface area contributed by atoms with Crippen molar-refractivity contribution in [2.45, 2.75) is 6.04 Å². The van der Waals surface area contributed by atoms with Gasteiger partial charge in [0.2, 0.25) is 5.91 Å². The first-order valence-electron chi connectivity index (χ1n) is 8.92. The molecule has 5 nitrogen and oxygen atoms in total. The van der Waals surface area contributed by atoms with Gasteiger partial charge in [-0.3, -0.25) is 9.69 Å². The first kappa shape index (κ1) is 20.3. The second-order valence-electron chi connectivity index (χ2n) is 6.33. The second-order valence-corrected chi connectivity index (χ2v) is 7.69. The molecule has 0 spiro atoms. The maximum absolute atomic E-state index is 12.6. The number of thiazole rings is 1. The van der Waals surface area contributed by atoms with Crippen LogP contribution in [0.3, 0.4) is 0 Å². The molecule has 0 aliphatic rings. The number of likely N-dealkylation sites (N-methyl/N-ethyl adjacent to an activating group) is 1. The van der Waals surface area contributed by atoms with Crippen molar-refractivity contribution in [1.29, 1.82) is 0 Å². The standard InChI is InChI=1S/C21H22ClN3O2S/c1-25(11-12-27-18-9-5-8-17(22)14-18)15-19(26)24-20(21-23-10-13-28-21)16-6-3-2-4-7-16/h2-10,13-14,20H,11-12,15H2,1H3,(H,24,26). The van der Waals surface area contributed by atoms with Crippen molar-refractivity contribution in [2.75, 3.05) is 26.7 Å². The lowest BCUT2D eigenvalue weighted by Crippen LogP contribution is -2.39. The zero-order chi connectivity index (χ0) is 19.8. The minimum absolute atomic E-state index is 0.0608. The number of aromatic nitrogens is 1. The van der Waals surface area contributed by atoms with Crippen molar-refractivity contribution in [3.63, 3.8) is 0 Å². The highest BCUT2D eigenvalue weighted by Gasteiger charge is 2.19. The molecule has 0 aliphatic heterocycles. The van der Waals surface area contributed by atoms with Gasteiger partial charge in [0.15, 0.2) is 0 Å². The Labute approximate surface area is 173 Å². The lowest BCUT2D eigenvalue weighted by molar-refractivity contribution is -0.122. The molecule has 0 radical (unpaired) electrons. The molecule has 1 N–H and O–H groups in total. The van der Waals surface area contributed by atoms with Crippen molar-refractivity contribution < 1.29 is 9.53 Å². The van der Waals surface area contributed by atoms with E-state index in [1.54, 1.807) is 18.3 Å². The molecule has 1 amide bonds. The predicted molar refractivity (Wildman–Crippen MR) is 113 cm³/mol. The van der Waals surface area contributed by atoms with Crippen LogP contribution in [0.4, 0.5) is 0 Å². The monoisotopic (exact) mass is 415 g/mol. The highest BCUT2D eigenvalue weighted by molar-refractivity contribution is 7.09. The maximum atomic E-state index is 12.6. The third kappa shape index (κ3) is 6.05. The molecule has 0 bridgehead atoms. The number of nitrogens with zero attached hydrogens (tertiary/aromatic N) is 2. The largest absolute Gasteiger partial charge is 0.492 e. The fourth-order valence-corrected chi connectivity index (χ4v) is 3.61. The quantitative estimate of drug-likeness (QED) is 0.573. The number of rotatable bonds is 9. The van der Waals surface area contributed by atoms with Gasteiger partial charge in [-0.1, -0.05) is 48.0 Å². The van der Waals surface area contributed by atoms with E-state index in [-0.39, 0.29) is 18.5 Å². The maximum Gasteiger partial charge on any atom is 0.235 e. The van der Waals surface area contributed by atoms with Crippen LogP contribution in [0, 0.1) is 0 Å². The van der Waals surface area contributed by atoms with Crippen LogP contribution in [0.5, 0.6) is 5.75 Å². The normalized spacial score (nSPS) is 12.0. The van der Waals surface area contributed by atoms with E-state index in [0.717, 1.165) is 16.3 Å². The summed E-state index contributed by atoms with van der Waals surface area (Å²) in [5.41, 5.74) is 1.01. The van der Waals surface area contributed by atoms with Crippen molar-refractivity contribution in [3.05, 3.63) is 81.8 Å².